The number of carbonyl (C=O) groups is 1. The third-order valence-electron chi connectivity index (χ3n) is 4.82. The van der Waals surface area contributed by atoms with Crippen LogP contribution in [0.3, 0.4) is 0 Å². The molecule has 1 aromatic rings. The van der Waals surface area contributed by atoms with Crippen LogP contribution in [-0.4, -0.2) is 11.8 Å². The van der Waals surface area contributed by atoms with Crippen LogP contribution in [-0.2, 0) is 4.79 Å². The van der Waals surface area contributed by atoms with Crippen LogP contribution in [0.25, 0.3) is 0 Å². The number of carbonyl (C=O) groups excluding carboxylic acids is 1. The van der Waals surface area contributed by atoms with Crippen molar-refractivity contribution in [1.82, 2.24) is 0 Å². The van der Waals surface area contributed by atoms with Crippen molar-refractivity contribution in [1.29, 1.82) is 0 Å². The van der Waals surface area contributed by atoms with Crippen molar-refractivity contribution < 1.29 is 4.79 Å². The van der Waals surface area contributed by atoms with Crippen LogP contribution in [0.5, 0.6) is 0 Å². The van der Waals surface area contributed by atoms with Gasteiger partial charge in [0.05, 0.1) is 0 Å². The first-order chi connectivity index (χ1) is 9.27. The fraction of sp³-hybridized carbons (Fsp3) is 0.588. The summed E-state index contributed by atoms with van der Waals surface area (Å²) in [6, 6.07) is 10.5. The highest BCUT2D eigenvalue weighted by atomic mass is 16.1. The van der Waals surface area contributed by atoms with E-state index in [0.717, 1.165) is 19.3 Å². The van der Waals surface area contributed by atoms with Crippen LogP contribution in [0, 0.1) is 11.8 Å². The van der Waals surface area contributed by atoms with Gasteiger partial charge in [-0.3, -0.25) is 4.79 Å². The third-order valence-corrected chi connectivity index (χ3v) is 4.82. The molecule has 0 spiro atoms. The van der Waals surface area contributed by atoms with Gasteiger partial charge in [-0.15, -0.1) is 0 Å². The quantitative estimate of drug-likeness (QED) is 0.845. The molecule has 0 radical (unpaired) electrons. The van der Waals surface area contributed by atoms with E-state index in [2.05, 4.69) is 24.3 Å². The van der Waals surface area contributed by atoms with Gasteiger partial charge in [-0.2, -0.15) is 0 Å². The van der Waals surface area contributed by atoms with E-state index >= 15 is 0 Å². The highest BCUT2D eigenvalue weighted by Gasteiger charge is 2.46. The molecular formula is C17H23NO. The maximum absolute atomic E-state index is 12.6. The molecule has 19 heavy (non-hydrogen) atoms. The Bertz CT molecular complexity index is 442. The van der Waals surface area contributed by atoms with Crippen LogP contribution < -0.4 is 5.73 Å². The standard InChI is InChI=1S/C17H23NO/c18-16-10-6-2-5-9-13(16)17(19)15-11-14(15)12-7-3-1-4-8-12/h1,3-4,7-8,13-16H,2,5-6,9-11,18H2. The molecule has 0 aliphatic heterocycles. The lowest BCUT2D eigenvalue weighted by Crippen LogP contribution is -2.35. The highest BCUT2D eigenvalue weighted by Crippen LogP contribution is 2.50. The van der Waals surface area contributed by atoms with E-state index in [1.807, 2.05) is 6.07 Å². The van der Waals surface area contributed by atoms with Gasteiger partial charge < -0.3 is 5.73 Å². The summed E-state index contributed by atoms with van der Waals surface area (Å²) in [6.45, 7) is 0. The number of ketones is 1. The zero-order valence-electron chi connectivity index (χ0n) is 11.4. The van der Waals surface area contributed by atoms with Crippen molar-refractivity contribution >= 4 is 5.78 Å². The van der Waals surface area contributed by atoms with Crippen LogP contribution in [0.15, 0.2) is 30.3 Å². The number of hydrogen-bond acceptors (Lipinski definition) is 2. The summed E-state index contributed by atoms with van der Waals surface area (Å²) in [6.07, 6.45) is 6.68. The van der Waals surface area contributed by atoms with Gasteiger partial charge >= 0.3 is 0 Å². The maximum Gasteiger partial charge on any atom is 0.141 e. The number of hydrogen-bond donors (Lipinski definition) is 1. The first kappa shape index (κ1) is 12.9. The minimum atomic E-state index is 0.104. The molecule has 2 fully saturated rings. The molecule has 102 valence electrons. The second-order valence-electron chi connectivity index (χ2n) is 6.17. The van der Waals surface area contributed by atoms with Crippen LogP contribution in [0.4, 0.5) is 0 Å². The summed E-state index contributed by atoms with van der Waals surface area (Å²) >= 11 is 0. The molecule has 2 saturated carbocycles. The van der Waals surface area contributed by atoms with Crippen molar-refractivity contribution in [3.63, 3.8) is 0 Å². The topological polar surface area (TPSA) is 43.1 Å². The first-order valence-corrected chi connectivity index (χ1v) is 7.61. The molecule has 0 aromatic heterocycles. The molecule has 0 heterocycles. The summed E-state index contributed by atoms with van der Waals surface area (Å²) in [5, 5.41) is 0. The molecule has 4 atom stereocenters. The lowest BCUT2D eigenvalue weighted by atomic mass is 9.88. The van der Waals surface area contributed by atoms with E-state index in [4.69, 9.17) is 5.73 Å². The SMILES string of the molecule is NC1CCCCCC1C(=O)C1CC1c1ccccc1. The minimum absolute atomic E-state index is 0.104. The fourth-order valence-corrected chi connectivity index (χ4v) is 3.54. The Hall–Kier alpha value is -1.15. The van der Waals surface area contributed by atoms with E-state index in [1.165, 1.54) is 24.8 Å². The van der Waals surface area contributed by atoms with Crippen LogP contribution in [0.1, 0.15) is 50.0 Å². The predicted octanol–water partition coefficient (Wildman–Crippen LogP) is 3.27. The molecule has 4 unspecified atom stereocenters. The number of rotatable bonds is 3. The Morgan fingerprint density at radius 1 is 1.00 bits per heavy atom. The van der Waals surface area contributed by atoms with E-state index < -0.39 is 0 Å². The summed E-state index contributed by atoms with van der Waals surface area (Å²) in [4.78, 5) is 12.6. The summed E-state index contributed by atoms with van der Waals surface area (Å²) in [7, 11) is 0. The van der Waals surface area contributed by atoms with Gasteiger partial charge in [0.2, 0.25) is 0 Å². The lowest BCUT2D eigenvalue weighted by Gasteiger charge is -2.20. The molecule has 2 nitrogen and oxygen atoms in total. The Kier molecular flexibility index (Phi) is 3.69. The van der Waals surface area contributed by atoms with Gasteiger partial charge in [-0.1, -0.05) is 49.6 Å². The Labute approximate surface area is 115 Å². The van der Waals surface area contributed by atoms with Gasteiger partial charge in [0.1, 0.15) is 5.78 Å². The van der Waals surface area contributed by atoms with E-state index in [0.29, 0.717) is 11.7 Å². The van der Waals surface area contributed by atoms with Gasteiger partial charge in [0.15, 0.2) is 0 Å². The van der Waals surface area contributed by atoms with Crippen molar-refractivity contribution in [2.45, 2.75) is 50.5 Å². The minimum Gasteiger partial charge on any atom is -0.327 e. The van der Waals surface area contributed by atoms with E-state index in [1.54, 1.807) is 0 Å². The van der Waals surface area contributed by atoms with Gasteiger partial charge in [-0.05, 0) is 30.7 Å². The molecule has 2 aliphatic rings. The van der Waals surface area contributed by atoms with Crippen molar-refractivity contribution in [3.8, 4) is 0 Å². The first-order valence-electron chi connectivity index (χ1n) is 7.61. The molecular weight excluding hydrogens is 234 g/mol. The highest BCUT2D eigenvalue weighted by molar-refractivity contribution is 5.87. The summed E-state index contributed by atoms with van der Waals surface area (Å²) < 4.78 is 0. The second-order valence-corrected chi connectivity index (χ2v) is 6.17. The molecule has 2 aliphatic carbocycles. The molecule has 0 saturated heterocycles. The van der Waals surface area contributed by atoms with Gasteiger partial charge in [0, 0.05) is 17.9 Å². The van der Waals surface area contributed by atoms with Crippen molar-refractivity contribution in [3.05, 3.63) is 35.9 Å². The van der Waals surface area contributed by atoms with Crippen molar-refractivity contribution in [2.24, 2.45) is 17.6 Å². The maximum atomic E-state index is 12.6. The average Bonchev–Trinajstić information content (AvgIpc) is 3.23. The van der Waals surface area contributed by atoms with Crippen LogP contribution in [0.2, 0.25) is 0 Å². The molecule has 0 bridgehead atoms. The molecule has 2 N–H and O–H groups in total. The van der Waals surface area contributed by atoms with Gasteiger partial charge in [0.25, 0.3) is 0 Å². The van der Waals surface area contributed by atoms with Gasteiger partial charge in [-0.25, -0.2) is 0 Å². The Balaban J connectivity index is 1.66. The number of benzene rings is 1. The zero-order chi connectivity index (χ0) is 13.2. The van der Waals surface area contributed by atoms with Crippen LogP contribution >= 0.6 is 0 Å². The lowest BCUT2D eigenvalue weighted by molar-refractivity contribution is -0.125. The number of nitrogens with two attached hydrogens (primary N) is 1. The third kappa shape index (κ3) is 2.74. The molecule has 1 aromatic carbocycles. The Morgan fingerprint density at radius 2 is 1.74 bits per heavy atom. The second kappa shape index (κ2) is 5.46. The fourth-order valence-electron chi connectivity index (χ4n) is 3.54. The largest absolute Gasteiger partial charge is 0.327 e. The molecule has 0 amide bonds. The molecule has 3 rings (SSSR count). The smallest absolute Gasteiger partial charge is 0.141 e. The summed E-state index contributed by atoms with van der Waals surface area (Å²) in [5.74, 6) is 1.28. The normalized spacial score (nSPS) is 34.6. The monoisotopic (exact) mass is 257 g/mol. The predicted molar refractivity (Wildman–Crippen MR) is 76.8 cm³/mol. The number of Topliss-reactive ketones (excluding diaryl/α,β-unsaturated/α-hetero) is 1. The van der Waals surface area contributed by atoms with E-state index in [9.17, 15) is 4.79 Å². The molecule has 2 heteroatoms. The zero-order valence-corrected chi connectivity index (χ0v) is 11.4. The Morgan fingerprint density at radius 3 is 2.53 bits per heavy atom. The van der Waals surface area contributed by atoms with E-state index in [-0.39, 0.29) is 17.9 Å². The average molecular weight is 257 g/mol. The van der Waals surface area contributed by atoms with Crippen molar-refractivity contribution in [2.75, 3.05) is 0 Å². The summed E-state index contributed by atoms with van der Waals surface area (Å²) in [5.41, 5.74) is 7.53.